The van der Waals surface area contributed by atoms with E-state index in [-0.39, 0.29) is 12.5 Å². The molecule has 1 aliphatic rings. The highest BCUT2D eigenvalue weighted by molar-refractivity contribution is 5.83. The monoisotopic (exact) mass is 249 g/mol. The molecule has 0 spiro atoms. The molecule has 0 saturated heterocycles. The topological polar surface area (TPSA) is 49.8 Å². The summed E-state index contributed by atoms with van der Waals surface area (Å²) in [7, 11) is 1.70. The van der Waals surface area contributed by atoms with E-state index in [0.717, 1.165) is 11.3 Å². The van der Waals surface area contributed by atoms with Crippen LogP contribution in [0, 0.1) is 0 Å². The normalized spacial score (nSPS) is 18.1. The van der Waals surface area contributed by atoms with E-state index in [1.54, 1.807) is 11.9 Å². The first-order valence-electron chi connectivity index (χ1n) is 6.09. The fraction of sp³-hybridized carbons (Fsp3) is 0.500. The van der Waals surface area contributed by atoms with Crippen molar-refractivity contribution in [2.75, 3.05) is 13.7 Å². The average Bonchev–Trinajstić information content (AvgIpc) is 2.80. The van der Waals surface area contributed by atoms with Crippen molar-refractivity contribution in [1.82, 2.24) is 4.90 Å². The number of rotatable bonds is 3. The van der Waals surface area contributed by atoms with Gasteiger partial charge in [-0.15, -0.1) is 0 Å². The molecular formula is C14H19NO3. The number of hydrogen-bond acceptors (Lipinski definition) is 3. The molecule has 1 N–H and O–H groups in total. The summed E-state index contributed by atoms with van der Waals surface area (Å²) in [4.78, 5) is 13.9. The van der Waals surface area contributed by atoms with Crippen molar-refractivity contribution in [1.29, 1.82) is 0 Å². The minimum Gasteiger partial charge on any atom is -0.480 e. The fourth-order valence-corrected chi connectivity index (χ4v) is 1.94. The average molecular weight is 249 g/mol. The van der Waals surface area contributed by atoms with Crippen LogP contribution in [0.3, 0.4) is 0 Å². The molecule has 0 bridgehead atoms. The van der Waals surface area contributed by atoms with E-state index < -0.39 is 11.6 Å². The Hall–Kier alpha value is -1.55. The Morgan fingerprint density at radius 1 is 1.50 bits per heavy atom. The maximum Gasteiger partial charge on any atom is 0.264 e. The van der Waals surface area contributed by atoms with Gasteiger partial charge in [0.1, 0.15) is 5.75 Å². The van der Waals surface area contributed by atoms with E-state index in [0.29, 0.717) is 6.42 Å². The summed E-state index contributed by atoms with van der Waals surface area (Å²) >= 11 is 0. The van der Waals surface area contributed by atoms with Gasteiger partial charge in [-0.25, -0.2) is 0 Å². The van der Waals surface area contributed by atoms with Crippen LogP contribution in [0.1, 0.15) is 19.4 Å². The molecule has 1 aromatic rings. The summed E-state index contributed by atoms with van der Waals surface area (Å²) in [5, 5.41) is 9.30. The Bertz CT molecular complexity index is 431. The molecule has 98 valence electrons. The van der Waals surface area contributed by atoms with Gasteiger partial charge in [0.25, 0.3) is 5.91 Å². The first-order valence-corrected chi connectivity index (χ1v) is 6.09. The molecule has 18 heavy (non-hydrogen) atoms. The Labute approximate surface area is 107 Å². The number of hydrogen-bond donors (Lipinski definition) is 1. The molecule has 0 radical (unpaired) electrons. The van der Waals surface area contributed by atoms with Gasteiger partial charge in [0.05, 0.1) is 12.1 Å². The second kappa shape index (κ2) is 4.61. The second-order valence-electron chi connectivity index (χ2n) is 5.29. The zero-order valence-electron chi connectivity index (χ0n) is 11.0. The zero-order valence-corrected chi connectivity index (χ0v) is 11.0. The lowest BCUT2D eigenvalue weighted by Gasteiger charge is -2.35. The van der Waals surface area contributed by atoms with Crippen molar-refractivity contribution in [3.63, 3.8) is 0 Å². The first-order chi connectivity index (χ1) is 8.45. The Balaban J connectivity index is 2.10. The third kappa shape index (κ3) is 2.20. The van der Waals surface area contributed by atoms with Gasteiger partial charge in [-0.2, -0.15) is 0 Å². The number of aliphatic hydroxyl groups is 1. The van der Waals surface area contributed by atoms with Gasteiger partial charge in [-0.3, -0.25) is 4.79 Å². The third-order valence-corrected chi connectivity index (χ3v) is 3.55. The Morgan fingerprint density at radius 2 is 2.17 bits per heavy atom. The van der Waals surface area contributed by atoms with Crippen LogP contribution in [-0.2, 0) is 11.2 Å². The summed E-state index contributed by atoms with van der Waals surface area (Å²) in [6.45, 7) is 3.58. The van der Waals surface area contributed by atoms with E-state index >= 15 is 0 Å². The molecular weight excluding hydrogens is 230 g/mol. The lowest BCUT2D eigenvalue weighted by Crippen LogP contribution is -2.52. The molecule has 0 fully saturated rings. The van der Waals surface area contributed by atoms with Gasteiger partial charge >= 0.3 is 0 Å². The summed E-state index contributed by atoms with van der Waals surface area (Å²) < 4.78 is 5.66. The highest BCUT2D eigenvalue weighted by Gasteiger charge is 2.36. The minimum absolute atomic E-state index is 0.0745. The number of ether oxygens (including phenoxy) is 1. The van der Waals surface area contributed by atoms with Gasteiger partial charge in [0.2, 0.25) is 0 Å². The Kier molecular flexibility index (Phi) is 3.30. The summed E-state index contributed by atoms with van der Waals surface area (Å²) in [6.07, 6.45) is 0.124. The van der Waals surface area contributed by atoms with E-state index in [4.69, 9.17) is 4.74 Å². The van der Waals surface area contributed by atoms with Gasteiger partial charge in [-0.05, 0) is 25.5 Å². The first kappa shape index (κ1) is 12.9. The number of amides is 1. The van der Waals surface area contributed by atoms with Crippen LogP contribution in [0.5, 0.6) is 5.75 Å². The molecule has 1 amide bonds. The number of likely N-dealkylation sites (N-methyl/N-ethyl adjacent to an activating group) is 1. The quantitative estimate of drug-likeness (QED) is 0.876. The van der Waals surface area contributed by atoms with Crippen molar-refractivity contribution in [2.45, 2.75) is 31.9 Å². The minimum atomic E-state index is -0.574. The van der Waals surface area contributed by atoms with Crippen LogP contribution in [0.25, 0.3) is 0 Å². The van der Waals surface area contributed by atoms with Crippen molar-refractivity contribution in [3.05, 3.63) is 29.8 Å². The van der Waals surface area contributed by atoms with Gasteiger partial charge in [-0.1, -0.05) is 18.2 Å². The number of fused-ring (bicyclic) bond motifs is 1. The standard InChI is InChI=1S/C14H19NO3/c1-14(2,9-16)15(3)13(17)12-8-10-6-4-5-7-11(10)18-12/h4-7,12,16H,8-9H2,1-3H3. The van der Waals surface area contributed by atoms with Crippen LogP contribution in [0.15, 0.2) is 24.3 Å². The van der Waals surface area contributed by atoms with Crippen LogP contribution in [-0.4, -0.2) is 41.2 Å². The number of benzene rings is 1. The van der Waals surface area contributed by atoms with Crippen molar-refractivity contribution in [3.8, 4) is 5.75 Å². The molecule has 0 saturated carbocycles. The molecule has 2 rings (SSSR count). The van der Waals surface area contributed by atoms with Crippen molar-refractivity contribution in [2.24, 2.45) is 0 Å². The predicted molar refractivity (Wildman–Crippen MR) is 68.5 cm³/mol. The van der Waals surface area contributed by atoms with Crippen molar-refractivity contribution < 1.29 is 14.6 Å². The molecule has 1 atom stereocenters. The largest absolute Gasteiger partial charge is 0.480 e. The van der Waals surface area contributed by atoms with E-state index in [1.807, 2.05) is 38.1 Å². The second-order valence-corrected chi connectivity index (χ2v) is 5.29. The van der Waals surface area contributed by atoms with E-state index in [1.165, 1.54) is 0 Å². The summed E-state index contributed by atoms with van der Waals surface area (Å²) in [6, 6.07) is 7.68. The maximum atomic E-state index is 12.3. The fourth-order valence-electron chi connectivity index (χ4n) is 1.94. The molecule has 1 unspecified atom stereocenters. The van der Waals surface area contributed by atoms with Crippen LogP contribution >= 0.6 is 0 Å². The van der Waals surface area contributed by atoms with Crippen LogP contribution in [0.4, 0.5) is 0 Å². The third-order valence-electron chi connectivity index (χ3n) is 3.55. The Morgan fingerprint density at radius 3 is 2.78 bits per heavy atom. The van der Waals surface area contributed by atoms with Crippen LogP contribution < -0.4 is 4.74 Å². The van der Waals surface area contributed by atoms with Crippen LogP contribution in [0.2, 0.25) is 0 Å². The maximum absolute atomic E-state index is 12.3. The summed E-state index contributed by atoms with van der Waals surface area (Å²) in [5.74, 6) is 0.691. The summed E-state index contributed by atoms with van der Waals surface area (Å²) in [5.41, 5.74) is 0.487. The van der Waals surface area contributed by atoms with Gasteiger partial charge < -0.3 is 14.7 Å². The number of carbonyl (C=O) groups is 1. The predicted octanol–water partition coefficient (Wildman–Crippen LogP) is 1.22. The molecule has 1 aromatic carbocycles. The molecule has 1 heterocycles. The van der Waals surface area contributed by atoms with Crippen molar-refractivity contribution >= 4 is 5.91 Å². The van der Waals surface area contributed by atoms with E-state index in [9.17, 15) is 9.90 Å². The van der Waals surface area contributed by atoms with E-state index in [2.05, 4.69) is 0 Å². The number of nitrogens with zero attached hydrogens (tertiary/aromatic N) is 1. The SMILES string of the molecule is CN(C(=O)C1Cc2ccccc2O1)C(C)(C)CO. The van der Waals surface area contributed by atoms with Gasteiger partial charge in [0.15, 0.2) is 6.10 Å². The molecule has 0 aliphatic carbocycles. The molecule has 0 aromatic heterocycles. The smallest absolute Gasteiger partial charge is 0.264 e. The van der Waals surface area contributed by atoms with Gasteiger partial charge in [0, 0.05) is 13.5 Å². The molecule has 4 heteroatoms. The lowest BCUT2D eigenvalue weighted by molar-refractivity contribution is -0.142. The molecule has 1 aliphatic heterocycles. The lowest BCUT2D eigenvalue weighted by atomic mass is 10.0. The number of carbonyl (C=O) groups excluding carboxylic acids is 1. The highest BCUT2D eigenvalue weighted by atomic mass is 16.5. The zero-order chi connectivity index (χ0) is 13.3. The molecule has 4 nitrogen and oxygen atoms in total. The number of aliphatic hydroxyl groups excluding tert-OH is 1. The highest BCUT2D eigenvalue weighted by Crippen LogP contribution is 2.29. The number of para-hydroxylation sites is 1.